The van der Waals surface area contributed by atoms with Crippen molar-refractivity contribution < 1.29 is 4.79 Å². The molecule has 0 unspecified atom stereocenters. The average Bonchev–Trinajstić information content (AvgIpc) is 2.95. The Kier molecular flexibility index (Phi) is 3.25. The first kappa shape index (κ1) is 12.5. The second-order valence-corrected chi connectivity index (χ2v) is 4.74. The number of hydrogen-bond donors (Lipinski definition) is 2. The SMILES string of the molecule is CCc1ccccc1NC(=O)c1ccc2[nH]ccc2c1. The summed E-state index contributed by atoms with van der Waals surface area (Å²) in [6.45, 7) is 2.08. The first-order valence-electron chi connectivity index (χ1n) is 6.74. The summed E-state index contributed by atoms with van der Waals surface area (Å²) in [5, 5.41) is 4.03. The Labute approximate surface area is 117 Å². The van der Waals surface area contributed by atoms with Gasteiger partial charge in [0.1, 0.15) is 0 Å². The van der Waals surface area contributed by atoms with Crippen LogP contribution >= 0.6 is 0 Å². The van der Waals surface area contributed by atoms with E-state index < -0.39 is 0 Å². The largest absolute Gasteiger partial charge is 0.361 e. The number of H-pyrrole nitrogens is 1. The van der Waals surface area contributed by atoms with Crippen molar-refractivity contribution in [2.75, 3.05) is 5.32 Å². The van der Waals surface area contributed by atoms with Gasteiger partial charge in [-0.25, -0.2) is 0 Å². The lowest BCUT2D eigenvalue weighted by atomic mass is 10.1. The van der Waals surface area contributed by atoms with Gasteiger partial charge in [-0.3, -0.25) is 4.79 Å². The maximum absolute atomic E-state index is 12.3. The fraction of sp³-hybridized carbons (Fsp3) is 0.118. The number of rotatable bonds is 3. The minimum absolute atomic E-state index is 0.0750. The highest BCUT2D eigenvalue weighted by atomic mass is 16.1. The molecule has 0 aliphatic rings. The molecule has 0 radical (unpaired) electrons. The van der Waals surface area contributed by atoms with Gasteiger partial charge in [-0.15, -0.1) is 0 Å². The molecule has 3 aromatic rings. The van der Waals surface area contributed by atoms with Crippen molar-refractivity contribution >= 4 is 22.5 Å². The third-order valence-corrected chi connectivity index (χ3v) is 3.46. The zero-order valence-electron chi connectivity index (χ0n) is 11.3. The Bertz CT molecular complexity index is 758. The van der Waals surface area contributed by atoms with Crippen LogP contribution in [0.2, 0.25) is 0 Å². The lowest BCUT2D eigenvalue weighted by Gasteiger charge is -2.09. The standard InChI is InChI=1S/C17H16N2O/c1-2-12-5-3-4-6-16(12)19-17(20)14-7-8-15-13(11-14)9-10-18-15/h3-11,18H,2H2,1H3,(H,19,20). The normalized spacial score (nSPS) is 10.7. The number of amides is 1. The van der Waals surface area contributed by atoms with Gasteiger partial charge in [0.2, 0.25) is 0 Å². The minimum atomic E-state index is -0.0750. The number of aryl methyl sites for hydroxylation is 1. The highest BCUT2D eigenvalue weighted by molar-refractivity contribution is 6.06. The summed E-state index contributed by atoms with van der Waals surface area (Å²) in [5.74, 6) is -0.0750. The molecule has 0 atom stereocenters. The van der Waals surface area contributed by atoms with Crippen molar-refractivity contribution in [3.05, 3.63) is 65.9 Å². The fourth-order valence-corrected chi connectivity index (χ4v) is 2.34. The molecule has 0 saturated carbocycles. The van der Waals surface area contributed by atoms with Crippen molar-refractivity contribution in [3.8, 4) is 0 Å². The van der Waals surface area contributed by atoms with E-state index in [0.29, 0.717) is 5.56 Å². The van der Waals surface area contributed by atoms with Crippen LogP contribution in [-0.2, 0) is 6.42 Å². The van der Waals surface area contributed by atoms with Crippen molar-refractivity contribution in [2.45, 2.75) is 13.3 Å². The molecule has 3 nitrogen and oxygen atoms in total. The average molecular weight is 264 g/mol. The Morgan fingerprint density at radius 1 is 1.15 bits per heavy atom. The van der Waals surface area contributed by atoms with Gasteiger partial charge in [-0.05, 0) is 42.3 Å². The molecule has 0 saturated heterocycles. The predicted molar refractivity (Wildman–Crippen MR) is 82.1 cm³/mol. The molecule has 1 amide bonds. The highest BCUT2D eigenvalue weighted by Gasteiger charge is 2.09. The molecule has 20 heavy (non-hydrogen) atoms. The molecule has 3 heteroatoms. The van der Waals surface area contributed by atoms with Crippen molar-refractivity contribution in [2.24, 2.45) is 0 Å². The Morgan fingerprint density at radius 2 is 2.00 bits per heavy atom. The van der Waals surface area contributed by atoms with Crippen LogP contribution in [0.1, 0.15) is 22.8 Å². The number of fused-ring (bicyclic) bond motifs is 1. The third kappa shape index (κ3) is 2.30. The van der Waals surface area contributed by atoms with Crippen LogP contribution in [0.15, 0.2) is 54.7 Å². The van der Waals surface area contributed by atoms with Crippen molar-refractivity contribution in [1.29, 1.82) is 0 Å². The summed E-state index contributed by atoms with van der Waals surface area (Å²) in [4.78, 5) is 15.4. The summed E-state index contributed by atoms with van der Waals surface area (Å²) < 4.78 is 0. The maximum atomic E-state index is 12.3. The molecule has 0 spiro atoms. The van der Waals surface area contributed by atoms with Crippen LogP contribution in [0.3, 0.4) is 0 Å². The topological polar surface area (TPSA) is 44.9 Å². The van der Waals surface area contributed by atoms with E-state index in [1.165, 1.54) is 0 Å². The quantitative estimate of drug-likeness (QED) is 0.738. The zero-order chi connectivity index (χ0) is 13.9. The van der Waals surface area contributed by atoms with E-state index in [-0.39, 0.29) is 5.91 Å². The number of anilines is 1. The van der Waals surface area contributed by atoms with Gasteiger partial charge in [0.15, 0.2) is 0 Å². The van der Waals surface area contributed by atoms with Crippen LogP contribution in [0.4, 0.5) is 5.69 Å². The summed E-state index contributed by atoms with van der Waals surface area (Å²) in [7, 11) is 0. The van der Waals surface area contributed by atoms with Crippen LogP contribution in [0, 0.1) is 0 Å². The molecule has 0 aliphatic carbocycles. The summed E-state index contributed by atoms with van der Waals surface area (Å²) in [6, 6.07) is 15.5. The van der Waals surface area contributed by atoms with Gasteiger partial charge in [0.25, 0.3) is 5.91 Å². The number of benzene rings is 2. The maximum Gasteiger partial charge on any atom is 0.255 e. The van der Waals surface area contributed by atoms with Crippen LogP contribution < -0.4 is 5.32 Å². The van der Waals surface area contributed by atoms with Crippen LogP contribution in [-0.4, -0.2) is 10.9 Å². The Morgan fingerprint density at radius 3 is 2.85 bits per heavy atom. The van der Waals surface area contributed by atoms with Gasteiger partial charge in [0, 0.05) is 28.4 Å². The summed E-state index contributed by atoms with van der Waals surface area (Å²) >= 11 is 0. The lowest BCUT2D eigenvalue weighted by Crippen LogP contribution is -2.13. The smallest absolute Gasteiger partial charge is 0.255 e. The first-order chi connectivity index (χ1) is 9.78. The summed E-state index contributed by atoms with van der Waals surface area (Å²) in [6.07, 6.45) is 2.77. The molecule has 1 aromatic heterocycles. The lowest BCUT2D eigenvalue weighted by molar-refractivity contribution is 0.102. The van der Waals surface area contributed by atoms with E-state index in [1.54, 1.807) is 0 Å². The number of hydrogen-bond acceptors (Lipinski definition) is 1. The monoisotopic (exact) mass is 264 g/mol. The second-order valence-electron chi connectivity index (χ2n) is 4.74. The Balaban J connectivity index is 1.88. The van der Waals surface area contributed by atoms with E-state index in [1.807, 2.05) is 54.7 Å². The van der Waals surface area contributed by atoms with Crippen molar-refractivity contribution in [1.82, 2.24) is 4.98 Å². The van der Waals surface area contributed by atoms with E-state index in [0.717, 1.165) is 28.6 Å². The molecule has 0 fully saturated rings. The number of aromatic amines is 1. The second kappa shape index (κ2) is 5.21. The number of aromatic nitrogens is 1. The number of carbonyl (C=O) groups is 1. The predicted octanol–water partition coefficient (Wildman–Crippen LogP) is 3.98. The number of carbonyl (C=O) groups excluding carboxylic acids is 1. The van der Waals surface area contributed by atoms with Crippen LogP contribution in [0.5, 0.6) is 0 Å². The van der Waals surface area contributed by atoms with E-state index in [2.05, 4.69) is 17.2 Å². The summed E-state index contributed by atoms with van der Waals surface area (Å²) in [5.41, 5.74) is 3.73. The molecule has 2 aromatic carbocycles. The molecular weight excluding hydrogens is 248 g/mol. The first-order valence-corrected chi connectivity index (χ1v) is 6.74. The van der Waals surface area contributed by atoms with Gasteiger partial charge in [-0.1, -0.05) is 25.1 Å². The van der Waals surface area contributed by atoms with Gasteiger partial charge in [-0.2, -0.15) is 0 Å². The van der Waals surface area contributed by atoms with E-state index in [4.69, 9.17) is 0 Å². The molecular formula is C17H16N2O. The van der Waals surface area contributed by atoms with Crippen LogP contribution in [0.25, 0.3) is 10.9 Å². The van der Waals surface area contributed by atoms with E-state index >= 15 is 0 Å². The minimum Gasteiger partial charge on any atom is -0.361 e. The van der Waals surface area contributed by atoms with E-state index in [9.17, 15) is 4.79 Å². The van der Waals surface area contributed by atoms with Gasteiger partial charge >= 0.3 is 0 Å². The molecule has 0 bridgehead atoms. The fourth-order valence-electron chi connectivity index (χ4n) is 2.34. The Hall–Kier alpha value is -2.55. The third-order valence-electron chi connectivity index (χ3n) is 3.46. The highest BCUT2D eigenvalue weighted by Crippen LogP contribution is 2.18. The molecule has 1 heterocycles. The molecule has 3 rings (SSSR count). The number of nitrogens with one attached hydrogen (secondary N) is 2. The molecule has 0 aliphatic heterocycles. The zero-order valence-corrected chi connectivity index (χ0v) is 11.3. The van der Waals surface area contributed by atoms with Gasteiger partial charge < -0.3 is 10.3 Å². The molecule has 100 valence electrons. The number of para-hydroxylation sites is 1. The van der Waals surface area contributed by atoms with Crippen molar-refractivity contribution in [3.63, 3.8) is 0 Å². The van der Waals surface area contributed by atoms with Gasteiger partial charge in [0.05, 0.1) is 0 Å². The molecule has 2 N–H and O–H groups in total.